The number of halogens is 2. The van der Waals surface area contributed by atoms with Crippen LogP contribution < -0.4 is 10.5 Å². The molecule has 30 heavy (non-hydrogen) atoms. The number of rotatable bonds is 4. The molecule has 2 heterocycles. The highest BCUT2D eigenvalue weighted by Crippen LogP contribution is 2.32. The number of morpholine rings is 1. The lowest BCUT2D eigenvalue weighted by molar-refractivity contribution is -0.384. The van der Waals surface area contributed by atoms with Crippen molar-refractivity contribution in [3.63, 3.8) is 0 Å². The molecule has 8 nitrogen and oxygen atoms in total. The molecular formula is C20H16Cl2N4O4. The van der Waals surface area contributed by atoms with E-state index >= 15 is 0 Å². The Hall–Kier alpha value is -2.94. The highest BCUT2D eigenvalue weighted by molar-refractivity contribution is 6.33. The molecule has 1 aliphatic rings. The van der Waals surface area contributed by atoms with Gasteiger partial charge in [0.25, 0.3) is 11.2 Å². The van der Waals surface area contributed by atoms with Crippen LogP contribution >= 0.6 is 23.2 Å². The lowest BCUT2D eigenvalue weighted by atomic mass is 10.1. The summed E-state index contributed by atoms with van der Waals surface area (Å²) in [7, 11) is 0. The average Bonchev–Trinajstić information content (AvgIpc) is 2.76. The van der Waals surface area contributed by atoms with Gasteiger partial charge in [0.15, 0.2) is 0 Å². The predicted octanol–water partition coefficient (Wildman–Crippen LogP) is 4.03. The van der Waals surface area contributed by atoms with Crippen molar-refractivity contribution < 1.29 is 9.66 Å². The lowest BCUT2D eigenvalue weighted by Gasteiger charge is -2.35. The number of nitro benzene ring substituents is 1. The van der Waals surface area contributed by atoms with Crippen molar-refractivity contribution in [2.45, 2.75) is 6.10 Å². The minimum Gasteiger partial charge on any atom is -0.370 e. The molecule has 0 radical (unpaired) electrons. The van der Waals surface area contributed by atoms with Crippen molar-refractivity contribution in [3.8, 4) is 5.69 Å². The normalized spacial score (nSPS) is 16.5. The Kier molecular flexibility index (Phi) is 5.72. The standard InChI is InChI=1S/C20H16Cl2N4O4/c21-16-4-2-1-3-15(16)18-12-24(9-10-30-18)17-11-23-25(20(27)19(17)22)13-5-7-14(8-6-13)26(28)29/h1-8,11,18H,9-10,12H2. The zero-order valence-electron chi connectivity index (χ0n) is 15.6. The van der Waals surface area contributed by atoms with Crippen LogP contribution in [0.4, 0.5) is 11.4 Å². The topological polar surface area (TPSA) is 90.5 Å². The Bertz CT molecular complexity index is 1150. The molecule has 1 aromatic heterocycles. The van der Waals surface area contributed by atoms with Gasteiger partial charge >= 0.3 is 0 Å². The van der Waals surface area contributed by atoms with Gasteiger partial charge in [0.2, 0.25) is 0 Å². The Labute approximate surface area is 181 Å². The van der Waals surface area contributed by atoms with Crippen LogP contribution in [0.15, 0.2) is 59.5 Å². The second-order valence-corrected chi connectivity index (χ2v) is 7.45. The van der Waals surface area contributed by atoms with E-state index in [1.165, 1.54) is 30.5 Å². The fourth-order valence-corrected chi connectivity index (χ4v) is 3.84. The Morgan fingerprint density at radius 1 is 1.13 bits per heavy atom. The second-order valence-electron chi connectivity index (χ2n) is 6.66. The van der Waals surface area contributed by atoms with Gasteiger partial charge in [-0.1, -0.05) is 41.4 Å². The van der Waals surface area contributed by atoms with Crippen LogP contribution in [0.1, 0.15) is 11.7 Å². The first kappa shape index (κ1) is 20.3. The van der Waals surface area contributed by atoms with Gasteiger partial charge in [0.1, 0.15) is 11.1 Å². The molecule has 4 rings (SSSR count). The Morgan fingerprint density at radius 3 is 2.57 bits per heavy atom. The number of non-ortho nitro benzene ring substituents is 1. The van der Waals surface area contributed by atoms with E-state index in [0.29, 0.717) is 36.1 Å². The summed E-state index contributed by atoms with van der Waals surface area (Å²) >= 11 is 12.7. The van der Waals surface area contributed by atoms with Crippen LogP contribution in [-0.2, 0) is 4.74 Å². The van der Waals surface area contributed by atoms with Crippen LogP contribution in [0, 0.1) is 10.1 Å². The fourth-order valence-electron chi connectivity index (χ4n) is 3.34. The minimum atomic E-state index is -0.510. The summed E-state index contributed by atoms with van der Waals surface area (Å²) < 4.78 is 6.97. The molecule has 154 valence electrons. The SMILES string of the molecule is O=c1c(Cl)c(N2CCOC(c3ccccc3Cl)C2)cnn1-c1ccc([N+](=O)[O-])cc1. The molecule has 0 spiro atoms. The van der Waals surface area contributed by atoms with E-state index in [9.17, 15) is 14.9 Å². The summed E-state index contributed by atoms with van der Waals surface area (Å²) in [5, 5.41) is 15.7. The highest BCUT2D eigenvalue weighted by Gasteiger charge is 2.26. The van der Waals surface area contributed by atoms with Crippen molar-refractivity contribution in [1.29, 1.82) is 0 Å². The molecule has 1 aliphatic heterocycles. The van der Waals surface area contributed by atoms with Gasteiger partial charge in [0.05, 0.1) is 29.1 Å². The maximum absolute atomic E-state index is 12.8. The van der Waals surface area contributed by atoms with E-state index in [0.717, 1.165) is 10.2 Å². The van der Waals surface area contributed by atoms with Crippen LogP contribution in [0.2, 0.25) is 10.0 Å². The molecule has 0 aliphatic carbocycles. The number of anilines is 1. The third-order valence-corrected chi connectivity index (χ3v) is 5.56. The van der Waals surface area contributed by atoms with Crippen LogP contribution in [0.25, 0.3) is 5.69 Å². The number of ether oxygens (including phenoxy) is 1. The summed E-state index contributed by atoms with van der Waals surface area (Å²) in [6.07, 6.45) is 1.25. The zero-order chi connectivity index (χ0) is 21.3. The fraction of sp³-hybridized carbons (Fsp3) is 0.200. The number of nitro groups is 1. The summed E-state index contributed by atoms with van der Waals surface area (Å²) in [5.74, 6) is 0. The van der Waals surface area contributed by atoms with Gasteiger partial charge in [-0.2, -0.15) is 9.78 Å². The first-order valence-electron chi connectivity index (χ1n) is 9.09. The first-order valence-corrected chi connectivity index (χ1v) is 9.85. The van der Waals surface area contributed by atoms with Gasteiger partial charge in [-0.05, 0) is 18.2 Å². The van der Waals surface area contributed by atoms with Crippen LogP contribution in [0.5, 0.6) is 0 Å². The summed E-state index contributed by atoms with van der Waals surface area (Å²) in [4.78, 5) is 25.1. The number of hydrogen-bond acceptors (Lipinski definition) is 6. The number of nitrogens with zero attached hydrogens (tertiary/aromatic N) is 4. The second kappa shape index (κ2) is 8.43. The monoisotopic (exact) mass is 446 g/mol. The maximum Gasteiger partial charge on any atom is 0.292 e. The molecule has 10 heteroatoms. The van der Waals surface area contributed by atoms with E-state index in [-0.39, 0.29) is 16.8 Å². The van der Waals surface area contributed by atoms with Crippen molar-refractivity contribution in [3.05, 3.63) is 90.8 Å². The third kappa shape index (κ3) is 3.89. The first-order chi connectivity index (χ1) is 14.5. The Balaban J connectivity index is 1.62. The predicted molar refractivity (Wildman–Crippen MR) is 114 cm³/mol. The maximum atomic E-state index is 12.8. The molecule has 1 fully saturated rings. The highest BCUT2D eigenvalue weighted by atomic mass is 35.5. The number of benzene rings is 2. The van der Waals surface area contributed by atoms with Crippen molar-refractivity contribution in [2.24, 2.45) is 0 Å². The van der Waals surface area contributed by atoms with Crippen molar-refractivity contribution in [2.75, 3.05) is 24.6 Å². The molecule has 1 saturated heterocycles. The lowest BCUT2D eigenvalue weighted by Crippen LogP contribution is -2.39. The molecule has 2 aromatic carbocycles. The van der Waals surface area contributed by atoms with E-state index in [1.54, 1.807) is 6.07 Å². The molecule has 0 N–H and O–H groups in total. The average molecular weight is 447 g/mol. The van der Waals surface area contributed by atoms with E-state index in [2.05, 4.69) is 5.10 Å². The van der Waals surface area contributed by atoms with Gasteiger partial charge in [-0.3, -0.25) is 14.9 Å². The quantitative estimate of drug-likeness (QED) is 0.443. The minimum absolute atomic E-state index is 0.0168. The van der Waals surface area contributed by atoms with Gasteiger partial charge < -0.3 is 9.64 Å². The Morgan fingerprint density at radius 2 is 1.87 bits per heavy atom. The smallest absolute Gasteiger partial charge is 0.292 e. The number of aromatic nitrogens is 2. The van der Waals surface area contributed by atoms with Gasteiger partial charge in [-0.25, -0.2) is 0 Å². The van der Waals surface area contributed by atoms with Crippen LogP contribution in [-0.4, -0.2) is 34.4 Å². The van der Waals surface area contributed by atoms with E-state index in [1.807, 2.05) is 23.1 Å². The largest absolute Gasteiger partial charge is 0.370 e. The van der Waals surface area contributed by atoms with Gasteiger partial charge in [0, 0.05) is 35.8 Å². The van der Waals surface area contributed by atoms with E-state index < -0.39 is 10.5 Å². The molecule has 1 atom stereocenters. The molecule has 0 amide bonds. The summed E-state index contributed by atoms with van der Waals surface area (Å²) in [6, 6.07) is 13.0. The molecule has 3 aromatic rings. The van der Waals surface area contributed by atoms with E-state index in [4.69, 9.17) is 27.9 Å². The third-order valence-electron chi connectivity index (χ3n) is 4.86. The molecule has 0 bridgehead atoms. The summed E-state index contributed by atoms with van der Waals surface area (Å²) in [6.45, 7) is 1.45. The zero-order valence-corrected chi connectivity index (χ0v) is 17.1. The van der Waals surface area contributed by atoms with Crippen molar-refractivity contribution >= 4 is 34.6 Å². The van der Waals surface area contributed by atoms with Gasteiger partial charge in [-0.15, -0.1) is 0 Å². The van der Waals surface area contributed by atoms with Crippen LogP contribution in [0.3, 0.4) is 0 Å². The molecule has 1 unspecified atom stereocenters. The summed E-state index contributed by atoms with van der Waals surface area (Å²) in [5.41, 5.74) is 1.17. The number of hydrogen-bond donors (Lipinski definition) is 0. The van der Waals surface area contributed by atoms with Crippen molar-refractivity contribution in [1.82, 2.24) is 9.78 Å². The molecule has 0 saturated carbocycles. The molecular weight excluding hydrogens is 431 g/mol.